The first kappa shape index (κ1) is 24.7. The van der Waals surface area contributed by atoms with Crippen molar-refractivity contribution in [2.24, 2.45) is 0 Å². The summed E-state index contributed by atoms with van der Waals surface area (Å²) in [5.74, 6) is 0.606. The zero-order chi connectivity index (χ0) is 25.4. The highest BCUT2D eigenvalue weighted by Crippen LogP contribution is 2.35. The van der Waals surface area contributed by atoms with Crippen LogP contribution in [0.3, 0.4) is 0 Å². The van der Waals surface area contributed by atoms with Crippen LogP contribution in [0.2, 0.25) is 0 Å². The van der Waals surface area contributed by atoms with Gasteiger partial charge in [0.15, 0.2) is 5.65 Å². The van der Waals surface area contributed by atoms with Crippen molar-refractivity contribution < 1.29 is 0 Å². The van der Waals surface area contributed by atoms with Crippen molar-refractivity contribution in [3.05, 3.63) is 39.6 Å². The average molecular weight is 567 g/mol. The van der Waals surface area contributed by atoms with Crippen LogP contribution < -0.4 is 5.32 Å². The Balaban J connectivity index is 1.50. The van der Waals surface area contributed by atoms with Gasteiger partial charge < -0.3 is 10.2 Å². The number of aromatic nitrogens is 6. The molecule has 1 N–H and O–H groups in total. The van der Waals surface area contributed by atoms with Gasteiger partial charge in [-0.25, -0.2) is 9.67 Å². The second kappa shape index (κ2) is 9.84. The molecule has 186 valence electrons. The third-order valence-electron chi connectivity index (χ3n) is 7.11. The molecule has 36 heavy (non-hydrogen) atoms. The van der Waals surface area contributed by atoms with E-state index in [2.05, 4.69) is 74.5 Å². The van der Waals surface area contributed by atoms with E-state index < -0.39 is 0 Å². The predicted octanol–water partition coefficient (Wildman–Crippen LogP) is 5.15. The number of halogens is 1. The average Bonchev–Trinajstić information content (AvgIpc) is 3.55. The lowest BCUT2D eigenvalue weighted by molar-refractivity contribution is 0.179. The van der Waals surface area contributed by atoms with E-state index in [1.807, 2.05) is 29.9 Å². The van der Waals surface area contributed by atoms with Gasteiger partial charge in [-0.1, -0.05) is 11.3 Å². The molecule has 1 aliphatic rings. The zero-order valence-electron chi connectivity index (χ0n) is 20.8. The summed E-state index contributed by atoms with van der Waals surface area (Å²) in [4.78, 5) is 11.7. The van der Waals surface area contributed by atoms with Crippen LogP contribution in [-0.4, -0.2) is 60.5 Å². The summed E-state index contributed by atoms with van der Waals surface area (Å²) in [6, 6.07) is 8.68. The van der Waals surface area contributed by atoms with Crippen molar-refractivity contribution in [2.75, 3.05) is 19.4 Å². The van der Waals surface area contributed by atoms with Gasteiger partial charge in [-0.05, 0) is 93.3 Å². The van der Waals surface area contributed by atoms with Crippen LogP contribution in [0.1, 0.15) is 43.2 Å². The molecule has 1 aliphatic carbocycles. The number of benzene rings is 1. The van der Waals surface area contributed by atoms with Crippen molar-refractivity contribution in [1.82, 2.24) is 34.8 Å². The number of rotatable bonds is 7. The van der Waals surface area contributed by atoms with Crippen LogP contribution in [0.15, 0.2) is 29.0 Å². The van der Waals surface area contributed by atoms with E-state index in [1.54, 1.807) is 11.3 Å². The summed E-state index contributed by atoms with van der Waals surface area (Å²) in [7, 11) is 4.28. The number of hydrogen-bond acceptors (Lipinski definition) is 9. The molecule has 3 aromatic heterocycles. The molecule has 0 spiro atoms. The topological polar surface area (TPSA) is 108 Å². The van der Waals surface area contributed by atoms with Gasteiger partial charge >= 0.3 is 0 Å². The molecular weight excluding hydrogens is 538 g/mol. The Bertz CT molecular complexity index is 1450. The van der Waals surface area contributed by atoms with Crippen molar-refractivity contribution in [3.63, 3.8) is 0 Å². The van der Waals surface area contributed by atoms with Crippen LogP contribution in [0.5, 0.6) is 0 Å². The van der Waals surface area contributed by atoms with Gasteiger partial charge in [0.25, 0.3) is 0 Å². The molecule has 0 saturated heterocycles. The molecule has 4 aromatic rings. The maximum Gasteiger partial charge on any atom is 0.224 e. The summed E-state index contributed by atoms with van der Waals surface area (Å²) in [6.45, 7) is 4.25. The Morgan fingerprint density at radius 2 is 2.17 bits per heavy atom. The number of nitriles is 1. The second-order valence-corrected chi connectivity index (χ2v) is 11.7. The summed E-state index contributed by atoms with van der Waals surface area (Å²) in [5, 5.41) is 28.6. The quantitative estimate of drug-likeness (QED) is 0.328. The smallest absolute Gasteiger partial charge is 0.224 e. The maximum atomic E-state index is 9.21. The zero-order valence-corrected chi connectivity index (χ0v) is 23.2. The number of anilines is 1. The Hall–Kier alpha value is -2.94. The lowest BCUT2D eigenvalue weighted by Gasteiger charge is -2.32. The van der Waals surface area contributed by atoms with E-state index in [1.165, 1.54) is 0 Å². The summed E-state index contributed by atoms with van der Waals surface area (Å²) in [5.41, 5.74) is 3.80. The highest BCUT2D eigenvalue weighted by Gasteiger charge is 2.37. The fraction of sp³-hybridized carbons (Fsp3) is 0.440. The van der Waals surface area contributed by atoms with Gasteiger partial charge in [-0.15, -0.1) is 10.2 Å². The highest BCUT2D eigenvalue weighted by atomic mass is 79.9. The van der Waals surface area contributed by atoms with Crippen molar-refractivity contribution in [1.29, 1.82) is 5.26 Å². The highest BCUT2D eigenvalue weighted by molar-refractivity contribution is 9.10. The van der Waals surface area contributed by atoms with E-state index in [4.69, 9.17) is 10.1 Å². The molecule has 0 unspecified atom stereocenters. The van der Waals surface area contributed by atoms with Gasteiger partial charge in [0.05, 0.1) is 17.1 Å². The Kier molecular flexibility index (Phi) is 6.76. The van der Waals surface area contributed by atoms with Crippen LogP contribution >= 0.6 is 27.3 Å². The number of fused-ring (bicyclic) bond motifs is 1. The van der Waals surface area contributed by atoms with E-state index in [9.17, 15) is 5.26 Å². The minimum Gasteiger partial charge on any atom is -0.351 e. The molecule has 0 bridgehead atoms. The maximum absolute atomic E-state index is 9.21. The predicted molar refractivity (Wildman–Crippen MR) is 145 cm³/mol. The van der Waals surface area contributed by atoms with Crippen LogP contribution in [0, 0.1) is 18.3 Å². The van der Waals surface area contributed by atoms with Crippen LogP contribution in [0.25, 0.3) is 27.3 Å². The lowest BCUT2D eigenvalue weighted by atomic mass is 9.99. The molecule has 3 heterocycles. The van der Waals surface area contributed by atoms with Crippen LogP contribution in [0.4, 0.5) is 5.95 Å². The molecule has 0 aliphatic heterocycles. The molecule has 1 fully saturated rings. The molecule has 1 saturated carbocycles. The summed E-state index contributed by atoms with van der Waals surface area (Å²) < 4.78 is 2.52. The second-order valence-electron chi connectivity index (χ2n) is 9.73. The van der Waals surface area contributed by atoms with Gasteiger partial charge in [0, 0.05) is 29.8 Å². The SMILES string of the molecule is Cc1nnc(-c2ccc(-n3nc(Br)c4cnc(N[C@@H]5CC[C@@](C)(N(C)C)C5)nc43)cc2CCC#N)s1. The first-order valence-corrected chi connectivity index (χ1v) is 13.5. The Labute approximate surface area is 222 Å². The van der Waals surface area contributed by atoms with E-state index in [-0.39, 0.29) is 5.54 Å². The Morgan fingerprint density at radius 1 is 1.33 bits per heavy atom. The van der Waals surface area contributed by atoms with Crippen LogP contribution in [-0.2, 0) is 6.42 Å². The number of hydrogen-bond donors (Lipinski definition) is 1. The third-order valence-corrected chi connectivity index (χ3v) is 8.56. The van der Waals surface area contributed by atoms with E-state index in [0.29, 0.717) is 29.4 Å². The minimum atomic E-state index is 0.180. The third kappa shape index (κ3) is 4.73. The molecule has 5 rings (SSSR count). The normalized spacial score (nSPS) is 19.8. The molecule has 2 atom stereocenters. The number of nitrogens with zero attached hydrogens (tertiary/aromatic N) is 8. The summed E-state index contributed by atoms with van der Waals surface area (Å²) in [6.07, 6.45) is 6.10. The fourth-order valence-corrected chi connectivity index (χ4v) is 5.96. The first-order valence-electron chi connectivity index (χ1n) is 11.9. The summed E-state index contributed by atoms with van der Waals surface area (Å²) >= 11 is 5.12. The Morgan fingerprint density at radius 3 is 2.86 bits per heavy atom. The molecular formula is C25H28BrN9S. The van der Waals surface area contributed by atoms with Gasteiger partial charge in [-0.3, -0.25) is 0 Å². The van der Waals surface area contributed by atoms with Gasteiger partial charge in [0.2, 0.25) is 5.95 Å². The molecule has 9 nitrogen and oxygen atoms in total. The minimum absolute atomic E-state index is 0.180. The fourth-order valence-electron chi connectivity index (χ4n) is 4.77. The van der Waals surface area contributed by atoms with Gasteiger partial charge in [-0.2, -0.15) is 15.3 Å². The van der Waals surface area contributed by atoms with Crippen molar-refractivity contribution >= 4 is 44.2 Å². The molecule has 1 aromatic carbocycles. The van der Waals surface area contributed by atoms with E-state index in [0.717, 1.165) is 57.1 Å². The first-order chi connectivity index (χ1) is 17.3. The van der Waals surface area contributed by atoms with Crippen molar-refractivity contribution in [2.45, 2.75) is 57.5 Å². The molecule has 0 amide bonds. The monoisotopic (exact) mass is 565 g/mol. The van der Waals surface area contributed by atoms with E-state index >= 15 is 0 Å². The van der Waals surface area contributed by atoms with Crippen molar-refractivity contribution in [3.8, 4) is 22.3 Å². The van der Waals surface area contributed by atoms with Gasteiger partial charge in [0.1, 0.15) is 14.6 Å². The lowest BCUT2D eigenvalue weighted by Crippen LogP contribution is -2.39. The largest absolute Gasteiger partial charge is 0.351 e. The molecule has 11 heteroatoms. The number of nitrogens with one attached hydrogen (secondary N) is 1. The number of aryl methyl sites for hydroxylation is 2. The standard InChI is InChI=1S/C25H28BrN9S/c1-15-31-32-23(36-15)19-8-7-18(12-16(19)6-5-11-27)35-22-20(21(26)33-35)14-28-24(30-22)29-17-9-10-25(2,13-17)34(3)4/h7-8,12,14,17H,5-6,9-10,13H2,1-4H3,(H,28,29,30)/t17-,25-/m1/s1. The molecule has 0 radical (unpaired) electrons.